The van der Waals surface area contributed by atoms with Crippen LogP contribution in [-0.2, 0) is 6.42 Å². The lowest BCUT2D eigenvalue weighted by Gasteiger charge is -2.44. The fourth-order valence-electron chi connectivity index (χ4n) is 6.15. The van der Waals surface area contributed by atoms with E-state index in [1.807, 2.05) is 36.4 Å². The van der Waals surface area contributed by atoms with Crippen LogP contribution < -0.4 is 9.47 Å². The number of amides is 1. The van der Waals surface area contributed by atoms with E-state index in [1.54, 1.807) is 7.11 Å². The Morgan fingerprint density at radius 2 is 1.65 bits per heavy atom. The van der Waals surface area contributed by atoms with E-state index in [2.05, 4.69) is 46.2 Å². The minimum absolute atomic E-state index is 0.103. The highest BCUT2D eigenvalue weighted by atomic mass is 16.5. The molecule has 37 heavy (non-hydrogen) atoms. The van der Waals surface area contributed by atoms with Gasteiger partial charge in [-0.1, -0.05) is 42.8 Å². The summed E-state index contributed by atoms with van der Waals surface area (Å²) < 4.78 is 11.7. The lowest BCUT2D eigenvalue weighted by atomic mass is 9.82. The topological polar surface area (TPSA) is 42.0 Å². The highest BCUT2D eigenvalue weighted by Crippen LogP contribution is 2.55. The predicted octanol–water partition coefficient (Wildman–Crippen LogP) is 5.88. The zero-order chi connectivity index (χ0) is 25.2. The van der Waals surface area contributed by atoms with Crippen LogP contribution in [0, 0.1) is 0 Å². The average Bonchev–Trinajstić information content (AvgIpc) is 3.72. The van der Waals surface area contributed by atoms with Gasteiger partial charge in [-0.15, -0.1) is 0 Å². The molecule has 192 valence electrons. The number of rotatable bonds is 7. The number of methoxy groups -OCH3 is 1. The van der Waals surface area contributed by atoms with Crippen molar-refractivity contribution in [2.24, 2.45) is 0 Å². The van der Waals surface area contributed by atoms with Gasteiger partial charge >= 0.3 is 0 Å². The van der Waals surface area contributed by atoms with E-state index in [4.69, 9.17) is 9.47 Å². The highest BCUT2D eigenvalue weighted by Gasteiger charge is 2.56. The smallest absolute Gasteiger partial charge is 0.255 e. The van der Waals surface area contributed by atoms with E-state index < -0.39 is 0 Å². The number of carbonyl (C=O) groups is 1. The summed E-state index contributed by atoms with van der Waals surface area (Å²) in [5, 5.41) is 0. The molecule has 0 radical (unpaired) electrons. The van der Waals surface area contributed by atoms with Crippen molar-refractivity contribution >= 4 is 5.91 Å². The van der Waals surface area contributed by atoms with Crippen molar-refractivity contribution in [3.63, 3.8) is 0 Å². The van der Waals surface area contributed by atoms with Crippen LogP contribution >= 0.6 is 0 Å². The van der Waals surface area contributed by atoms with Crippen LogP contribution in [0.1, 0.15) is 65.2 Å². The molecule has 2 aliphatic heterocycles. The molecule has 1 amide bonds. The van der Waals surface area contributed by atoms with Crippen LogP contribution in [0.15, 0.2) is 72.8 Å². The first-order valence-electron chi connectivity index (χ1n) is 13.7. The van der Waals surface area contributed by atoms with Crippen molar-refractivity contribution in [3.8, 4) is 11.5 Å². The molecule has 0 bridgehead atoms. The summed E-state index contributed by atoms with van der Waals surface area (Å²) in [5.74, 6) is 1.86. The Balaban J connectivity index is 1.30. The molecule has 3 aromatic rings. The Hall–Kier alpha value is -3.31. The molecule has 3 aliphatic rings. The standard InChI is InChI=1S/C32H36N2O3/c1-36-28-14-15-29-26(22-28)23-32(16-17-32)34(31(35)25-8-4-2-5-9-25)30(29)24-10-12-27(13-11-24)37-21-20-33-18-6-3-7-19-33/h2,4-5,8-15,22,30H,3,6-7,16-21,23H2,1H3. The molecule has 1 saturated heterocycles. The number of nitrogens with zero attached hydrogens (tertiary/aromatic N) is 2. The van der Waals surface area contributed by atoms with Crippen molar-refractivity contribution in [2.45, 2.75) is 50.1 Å². The van der Waals surface area contributed by atoms with Gasteiger partial charge < -0.3 is 14.4 Å². The minimum Gasteiger partial charge on any atom is -0.497 e. The van der Waals surface area contributed by atoms with Gasteiger partial charge in [0.25, 0.3) is 5.91 Å². The number of fused-ring (bicyclic) bond motifs is 1. The highest BCUT2D eigenvalue weighted by molar-refractivity contribution is 5.96. The third-order valence-corrected chi connectivity index (χ3v) is 8.32. The first-order chi connectivity index (χ1) is 18.2. The largest absolute Gasteiger partial charge is 0.497 e. The number of likely N-dealkylation sites (tertiary alicyclic amines) is 1. The zero-order valence-corrected chi connectivity index (χ0v) is 21.7. The number of hydrogen-bond acceptors (Lipinski definition) is 4. The second-order valence-electron chi connectivity index (χ2n) is 10.7. The summed E-state index contributed by atoms with van der Waals surface area (Å²) >= 11 is 0. The maximum Gasteiger partial charge on any atom is 0.255 e. The van der Waals surface area contributed by atoms with Crippen molar-refractivity contribution < 1.29 is 14.3 Å². The molecule has 1 atom stereocenters. The Morgan fingerprint density at radius 1 is 0.919 bits per heavy atom. The lowest BCUT2D eigenvalue weighted by molar-refractivity contribution is 0.0541. The normalized spacial score (nSPS) is 20.4. The van der Waals surface area contributed by atoms with Crippen LogP contribution in [0.3, 0.4) is 0 Å². The summed E-state index contributed by atoms with van der Waals surface area (Å²) in [4.78, 5) is 18.7. The van der Waals surface area contributed by atoms with Gasteiger partial charge in [0.15, 0.2) is 0 Å². The third kappa shape index (κ3) is 4.85. The van der Waals surface area contributed by atoms with E-state index in [-0.39, 0.29) is 17.5 Å². The summed E-state index contributed by atoms with van der Waals surface area (Å²) in [6.45, 7) is 4.04. The van der Waals surface area contributed by atoms with Gasteiger partial charge in [0.05, 0.1) is 13.2 Å². The lowest BCUT2D eigenvalue weighted by Crippen LogP contribution is -2.49. The first kappa shape index (κ1) is 24.1. The molecule has 6 rings (SSSR count). The van der Waals surface area contributed by atoms with Gasteiger partial charge in [0, 0.05) is 17.6 Å². The Labute approximate surface area is 220 Å². The molecule has 1 saturated carbocycles. The molecular formula is C32H36N2O3. The Kier molecular flexibility index (Phi) is 6.64. The van der Waals surface area contributed by atoms with Gasteiger partial charge in [-0.3, -0.25) is 9.69 Å². The molecule has 1 aliphatic carbocycles. The fourth-order valence-corrected chi connectivity index (χ4v) is 6.15. The van der Waals surface area contributed by atoms with Crippen molar-refractivity contribution in [1.29, 1.82) is 0 Å². The molecule has 1 spiro atoms. The van der Waals surface area contributed by atoms with Gasteiger partial charge in [-0.25, -0.2) is 0 Å². The second kappa shape index (κ2) is 10.2. The van der Waals surface area contributed by atoms with E-state index in [0.717, 1.165) is 48.4 Å². The molecule has 5 heteroatoms. The summed E-state index contributed by atoms with van der Waals surface area (Å²) in [5.41, 5.74) is 4.18. The van der Waals surface area contributed by atoms with Gasteiger partial charge in [-0.05, 0) is 98.3 Å². The number of carbonyl (C=O) groups excluding carboxylic acids is 1. The number of benzene rings is 3. The number of ether oxygens (including phenoxy) is 2. The molecule has 0 aromatic heterocycles. The van der Waals surface area contributed by atoms with Crippen LogP contribution in [0.2, 0.25) is 0 Å². The maximum atomic E-state index is 14.0. The second-order valence-corrected chi connectivity index (χ2v) is 10.7. The van der Waals surface area contributed by atoms with Crippen LogP contribution in [0.25, 0.3) is 0 Å². The van der Waals surface area contributed by atoms with E-state index in [1.165, 1.54) is 43.5 Å². The average molecular weight is 497 g/mol. The van der Waals surface area contributed by atoms with Crippen molar-refractivity contribution in [3.05, 3.63) is 95.1 Å². The zero-order valence-electron chi connectivity index (χ0n) is 21.7. The number of piperidine rings is 1. The van der Waals surface area contributed by atoms with Crippen LogP contribution in [0.5, 0.6) is 11.5 Å². The first-order valence-corrected chi connectivity index (χ1v) is 13.7. The summed E-state index contributed by atoms with van der Waals surface area (Å²) in [6, 6.07) is 24.3. The summed E-state index contributed by atoms with van der Waals surface area (Å²) in [6.07, 6.45) is 6.85. The van der Waals surface area contributed by atoms with Gasteiger partial charge in [0.2, 0.25) is 0 Å². The molecule has 0 N–H and O–H groups in total. The molecule has 5 nitrogen and oxygen atoms in total. The predicted molar refractivity (Wildman–Crippen MR) is 145 cm³/mol. The monoisotopic (exact) mass is 496 g/mol. The number of hydrogen-bond donors (Lipinski definition) is 0. The molecule has 3 aromatic carbocycles. The van der Waals surface area contributed by atoms with Gasteiger partial charge in [0.1, 0.15) is 18.1 Å². The molecule has 1 unspecified atom stereocenters. The van der Waals surface area contributed by atoms with Gasteiger partial charge in [-0.2, -0.15) is 0 Å². The van der Waals surface area contributed by atoms with E-state index in [9.17, 15) is 4.79 Å². The molecular weight excluding hydrogens is 460 g/mol. The minimum atomic E-state index is -0.146. The third-order valence-electron chi connectivity index (χ3n) is 8.32. The fraction of sp³-hybridized carbons (Fsp3) is 0.406. The summed E-state index contributed by atoms with van der Waals surface area (Å²) in [7, 11) is 1.71. The molecule has 2 fully saturated rings. The maximum absolute atomic E-state index is 14.0. The quantitative estimate of drug-likeness (QED) is 0.410. The van der Waals surface area contributed by atoms with Crippen LogP contribution in [-0.4, -0.2) is 54.6 Å². The van der Waals surface area contributed by atoms with E-state index in [0.29, 0.717) is 6.61 Å². The van der Waals surface area contributed by atoms with E-state index >= 15 is 0 Å². The van der Waals surface area contributed by atoms with Crippen LogP contribution in [0.4, 0.5) is 0 Å². The SMILES string of the molecule is COc1ccc2c(c1)CC1(CC1)N(C(=O)c1ccccc1)C2c1ccc(OCCN2CCCCC2)cc1. The Bertz CT molecular complexity index is 1230. The van der Waals surface area contributed by atoms with Crippen molar-refractivity contribution in [2.75, 3.05) is 33.4 Å². The Morgan fingerprint density at radius 3 is 2.35 bits per heavy atom. The molecule has 2 heterocycles. The van der Waals surface area contributed by atoms with Crippen molar-refractivity contribution in [1.82, 2.24) is 9.80 Å².